The van der Waals surface area contributed by atoms with Crippen LogP contribution in [0.25, 0.3) is 6.08 Å². The van der Waals surface area contributed by atoms with Crippen LogP contribution in [0.2, 0.25) is 0 Å². The minimum absolute atomic E-state index is 0. The molecule has 0 aliphatic carbocycles. The van der Waals surface area contributed by atoms with Crippen LogP contribution in [0.4, 0.5) is 0 Å². The minimum atomic E-state index is -1.74. The lowest BCUT2D eigenvalue weighted by atomic mass is 9.76. The van der Waals surface area contributed by atoms with Crippen molar-refractivity contribution in [1.82, 2.24) is 25.7 Å². The molecule has 2 unspecified atom stereocenters. The minimum Gasteiger partial charge on any atom is -0.497 e. The summed E-state index contributed by atoms with van der Waals surface area (Å²) in [5.74, 6) is 1.37. The third-order valence-corrected chi connectivity index (χ3v) is 15.6. The van der Waals surface area contributed by atoms with Crippen LogP contribution in [0, 0.1) is 11.3 Å². The van der Waals surface area contributed by atoms with E-state index in [0.29, 0.717) is 24.6 Å². The van der Waals surface area contributed by atoms with E-state index in [4.69, 9.17) is 37.3 Å². The van der Waals surface area contributed by atoms with E-state index in [0.717, 1.165) is 27.7 Å². The molecule has 390 valence electrons. The fourth-order valence-corrected chi connectivity index (χ4v) is 10.8. The van der Waals surface area contributed by atoms with Gasteiger partial charge in [0.1, 0.15) is 29.4 Å². The maximum absolute atomic E-state index is 13.8. The molecular weight excluding hydrogens is 946 g/mol. The molecule has 0 saturated carbocycles. The molecule has 0 bridgehead atoms. The first-order valence-electron chi connectivity index (χ1n) is 24.6. The van der Waals surface area contributed by atoms with E-state index in [9.17, 15) is 14.9 Å². The first-order chi connectivity index (χ1) is 34.5. The standard InChI is InChI=1S/C55H69BN5O10P.H3N/c1-38(2)61(39(3)4)72(67-33-17-31-57)69-48-34-50(60-36-41(51(62)59-52(60)63)19-16-32-58-35-40-18-14-15-22-47(40)56-70-53(5,6)54(7,8)71-56)68-49(48)37-66-55(42-20-12-11-13-21-42,43-23-27-45(64-9)28-24-43)44-25-29-46(65-10)30-26-44;/h11-16,18-30,36,38-39,48-50,58H,17,32-35,37H2,1-10H3,(H,59,62,63);1H3/b19-16+;/t48?,49-,50-,72?;/m1./s1. The number of ether oxygens (including phenoxy) is 4. The molecule has 0 spiro atoms. The van der Waals surface area contributed by atoms with Crippen molar-refractivity contribution >= 4 is 27.2 Å². The van der Waals surface area contributed by atoms with Crippen molar-refractivity contribution in [2.75, 3.05) is 34.0 Å². The molecule has 73 heavy (non-hydrogen) atoms. The number of hydrogen-bond donors (Lipinski definition) is 3. The van der Waals surface area contributed by atoms with Crippen LogP contribution in [0.15, 0.2) is 125 Å². The van der Waals surface area contributed by atoms with Gasteiger partial charge in [-0.2, -0.15) is 5.26 Å². The highest BCUT2D eigenvalue weighted by molar-refractivity contribution is 7.44. The van der Waals surface area contributed by atoms with Crippen LogP contribution in [0.1, 0.15) is 102 Å². The van der Waals surface area contributed by atoms with Crippen LogP contribution < -0.4 is 37.7 Å². The normalized spacial score (nSPS) is 18.8. The summed E-state index contributed by atoms with van der Waals surface area (Å²) in [6, 6.07) is 35.7. The maximum atomic E-state index is 13.8. The van der Waals surface area contributed by atoms with E-state index < -0.39 is 62.1 Å². The molecule has 2 aliphatic heterocycles. The van der Waals surface area contributed by atoms with Gasteiger partial charge >= 0.3 is 12.8 Å². The average Bonchev–Trinajstić information content (AvgIpc) is 3.86. The molecule has 16 nitrogen and oxygen atoms in total. The van der Waals surface area contributed by atoms with Gasteiger partial charge in [0, 0.05) is 37.8 Å². The first kappa shape index (κ1) is 56.8. The van der Waals surface area contributed by atoms with Gasteiger partial charge in [-0.1, -0.05) is 91.0 Å². The second-order valence-electron chi connectivity index (χ2n) is 19.4. The van der Waals surface area contributed by atoms with E-state index in [1.807, 2.05) is 137 Å². The topological polar surface area (TPSA) is 203 Å². The Labute approximate surface area is 431 Å². The predicted octanol–water partition coefficient (Wildman–Crippen LogP) is 8.78. The van der Waals surface area contributed by atoms with Crippen molar-refractivity contribution in [3.8, 4) is 17.6 Å². The predicted molar refractivity (Wildman–Crippen MR) is 286 cm³/mol. The highest BCUT2D eigenvalue weighted by atomic mass is 31.2. The largest absolute Gasteiger partial charge is 0.497 e. The lowest BCUT2D eigenvalue weighted by Gasteiger charge is -2.39. The summed E-state index contributed by atoms with van der Waals surface area (Å²) in [5, 5.41) is 12.9. The zero-order chi connectivity index (χ0) is 51.6. The number of aromatic amines is 1. The molecule has 2 saturated heterocycles. The highest BCUT2D eigenvalue weighted by Crippen LogP contribution is 2.51. The van der Waals surface area contributed by atoms with E-state index >= 15 is 0 Å². The molecule has 4 aromatic carbocycles. The highest BCUT2D eigenvalue weighted by Gasteiger charge is 2.52. The zero-order valence-electron chi connectivity index (χ0n) is 43.8. The summed E-state index contributed by atoms with van der Waals surface area (Å²) < 4.78 is 55.1. The maximum Gasteiger partial charge on any atom is 0.495 e. The lowest BCUT2D eigenvalue weighted by Crippen LogP contribution is -2.41. The van der Waals surface area contributed by atoms with Crippen molar-refractivity contribution in [3.63, 3.8) is 0 Å². The third-order valence-electron chi connectivity index (χ3n) is 13.4. The number of nitriles is 1. The van der Waals surface area contributed by atoms with Crippen LogP contribution >= 0.6 is 8.53 Å². The number of nitrogens with one attached hydrogen (secondary N) is 2. The lowest BCUT2D eigenvalue weighted by molar-refractivity contribution is -0.0925. The monoisotopic (exact) mass is 1020 g/mol. The first-order valence-corrected chi connectivity index (χ1v) is 25.7. The van der Waals surface area contributed by atoms with Crippen LogP contribution in [-0.2, 0) is 40.0 Å². The summed E-state index contributed by atoms with van der Waals surface area (Å²) >= 11 is 0. The van der Waals surface area contributed by atoms with Gasteiger partial charge in [-0.15, -0.1) is 0 Å². The number of H-pyrrole nitrogens is 1. The van der Waals surface area contributed by atoms with Gasteiger partial charge in [-0.3, -0.25) is 14.3 Å². The van der Waals surface area contributed by atoms with Gasteiger partial charge in [0.2, 0.25) is 0 Å². The number of aromatic nitrogens is 2. The van der Waals surface area contributed by atoms with Crippen molar-refractivity contribution in [3.05, 3.63) is 164 Å². The molecule has 5 aromatic rings. The zero-order valence-corrected chi connectivity index (χ0v) is 44.7. The van der Waals surface area contributed by atoms with Gasteiger partial charge in [-0.25, -0.2) is 9.46 Å². The molecule has 18 heteroatoms. The van der Waals surface area contributed by atoms with E-state index in [1.165, 1.54) is 10.8 Å². The Morgan fingerprint density at radius 1 is 0.877 bits per heavy atom. The molecule has 0 radical (unpaired) electrons. The van der Waals surface area contributed by atoms with Gasteiger partial charge in [0.25, 0.3) is 14.1 Å². The van der Waals surface area contributed by atoms with Gasteiger partial charge in [-0.05, 0) is 107 Å². The molecule has 2 fully saturated rings. The third kappa shape index (κ3) is 13.1. The quantitative estimate of drug-likeness (QED) is 0.0242. The van der Waals surface area contributed by atoms with E-state index in [-0.39, 0.29) is 49.9 Å². The molecule has 1 aromatic heterocycles. The molecule has 7 rings (SSSR count). The number of benzene rings is 4. The van der Waals surface area contributed by atoms with Crippen molar-refractivity contribution in [2.24, 2.45) is 0 Å². The summed E-state index contributed by atoms with van der Waals surface area (Å²) in [6.07, 6.45) is 3.14. The van der Waals surface area contributed by atoms with Crippen LogP contribution in [0.5, 0.6) is 11.5 Å². The van der Waals surface area contributed by atoms with Crippen LogP contribution in [0.3, 0.4) is 0 Å². The van der Waals surface area contributed by atoms with Gasteiger partial charge in [0.15, 0.2) is 0 Å². The second kappa shape index (κ2) is 25.2. The molecule has 0 amide bonds. The van der Waals surface area contributed by atoms with Gasteiger partial charge in [0.05, 0.1) is 62.8 Å². The summed E-state index contributed by atoms with van der Waals surface area (Å²) in [5.41, 5.74) is 1.48. The van der Waals surface area contributed by atoms with E-state index in [1.54, 1.807) is 20.3 Å². The fraction of sp³-hybridized carbons (Fsp3) is 0.436. The number of hydrogen-bond acceptors (Lipinski definition) is 14. The Morgan fingerprint density at radius 3 is 2.03 bits per heavy atom. The number of rotatable bonds is 23. The SMILES string of the molecule is COc1ccc(C(OC[C@H]2O[C@@H](n3cc(/C=C/CNCc4ccccc4B4OC(C)(C)C(C)(C)O4)c(=O)[nH]c3=O)CC2OP(OCCC#N)N(C(C)C)C(C)C)(c2ccccc2)c2ccc(OC)cc2)cc1.N. The van der Waals surface area contributed by atoms with Crippen molar-refractivity contribution < 1.29 is 37.3 Å². The molecule has 5 N–H and O–H groups in total. The van der Waals surface area contributed by atoms with Crippen molar-refractivity contribution in [2.45, 2.75) is 122 Å². The molecular formula is C55H72BN6O10P. The van der Waals surface area contributed by atoms with Gasteiger partial charge < -0.3 is 48.8 Å². The Hall–Kier alpha value is -5.48. The summed E-state index contributed by atoms with van der Waals surface area (Å²) in [4.78, 5) is 29.7. The Bertz CT molecular complexity index is 2680. The molecule has 4 atom stereocenters. The van der Waals surface area contributed by atoms with E-state index in [2.05, 4.69) is 48.7 Å². The van der Waals surface area contributed by atoms with Crippen LogP contribution in [-0.4, -0.2) is 90.8 Å². The molecule has 2 aliphatic rings. The number of nitrogens with zero attached hydrogens (tertiary/aromatic N) is 3. The van der Waals surface area contributed by atoms with Crippen molar-refractivity contribution in [1.29, 1.82) is 5.26 Å². The fourth-order valence-electron chi connectivity index (χ4n) is 9.03. The Morgan fingerprint density at radius 2 is 1.45 bits per heavy atom. The second-order valence-corrected chi connectivity index (χ2v) is 20.8. The average molecular weight is 1020 g/mol. The Balaban J connectivity index is 0.00000869. The summed E-state index contributed by atoms with van der Waals surface area (Å²) in [6.45, 7) is 17.5. The molecule has 3 heterocycles. The summed E-state index contributed by atoms with van der Waals surface area (Å²) in [7, 11) is 1.01. The Kier molecular flexibility index (Phi) is 19.6. The smallest absolute Gasteiger partial charge is 0.495 e. The number of methoxy groups -OCH3 is 2.